The van der Waals surface area contributed by atoms with Gasteiger partial charge in [-0.15, -0.1) is 11.3 Å². The van der Waals surface area contributed by atoms with Crippen LogP contribution in [-0.2, 0) is 13.2 Å². The van der Waals surface area contributed by atoms with Gasteiger partial charge in [-0.3, -0.25) is 9.20 Å². The minimum absolute atomic E-state index is 0.260. The molecule has 0 saturated carbocycles. The van der Waals surface area contributed by atoms with Crippen molar-refractivity contribution in [2.45, 2.75) is 13.2 Å². The number of carbonyl (C=O) groups is 1. The number of aromatic nitrogens is 2. The Bertz CT molecular complexity index is 1250. The Labute approximate surface area is 187 Å². The van der Waals surface area contributed by atoms with Crippen molar-refractivity contribution in [1.29, 1.82) is 0 Å². The van der Waals surface area contributed by atoms with Gasteiger partial charge in [0.15, 0.2) is 10.7 Å². The standard InChI is InChI=1S/C23H19ClN2O4S/c1-30-21-11-15(10-16(12-27)18(21)13-28)20(29)7-6-19-22(14-2-4-17(24)5-3-14)25-23-26(19)8-9-31-23/h2-11,27-28H,12-13H2,1H3/b7-6+. The predicted molar refractivity (Wildman–Crippen MR) is 122 cm³/mol. The zero-order valence-electron chi connectivity index (χ0n) is 16.6. The second kappa shape index (κ2) is 9.03. The van der Waals surface area contributed by atoms with E-state index in [1.165, 1.54) is 24.5 Å². The van der Waals surface area contributed by atoms with Gasteiger partial charge in [0.2, 0.25) is 0 Å². The van der Waals surface area contributed by atoms with Crippen LogP contribution in [0.4, 0.5) is 0 Å². The number of rotatable bonds is 7. The van der Waals surface area contributed by atoms with Gasteiger partial charge in [-0.1, -0.05) is 23.7 Å². The van der Waals surface area contributed by atoms with Crippen molar-refractivity contribution in [1.82, 2.24) is 9.38 Å². The van der Waals surface area contributed by atoms with Gasteiger partial charge in [0.25, 0.3) is 0 Å². The normalized spacial score (nSPS) is 11.5. The lowest BCUT2D eigenvalue weighted by molar-refractivity contribution is 0.104. The van der Waals surface area contributed by atoms with E-state index in [1.807, 2.05) is 28.1 Å². The van der Waals surface area contributed by atoms with Crippen molar-refractivity contribution in [3.63, 3.8) is 0 Å². The number of nitrogens with zero attached hydrogens (tertiary/aromatic N) is 2. The largest absolute Gasteiger partial charge is 0.496 e. The molecule has 0 atom stereocenters. The molecule has 8 heteroatoms. The second-order valence-electron chi connectivity index (χ2n) is 6.74. The first-order chi connectivity index (χ1) is 15.0. The fraction of sp³-hybridized carbons (Fsp3) is 0.130. The molecule has 0 bridgehead atoms. The summed E-state index contributed by atoms with van der Waals surface area (Å²) in [7, 11) is 1.46. The molecule has 0 spiro atoms. The molecule has 2 heterocycles. The van der Waals surface area contributed by atoms with Crippen molar-refractivity contribution in [3.8, 4) is 17.0 Å². The molecule has 0 aliphatic rings. The monoisotopic (exact) mass is 454 g/mol. The summed E-state index contributed by atoms with van der Waals surface area (Å²) in [6, 6.07) is 10.5. The van der Waals surface area contributed by atoms with Gasteiger partial charge in [-0.2, -0.15) is 0 Å². The van der Waals surface area contributed by atoms with Gasteiger partial charge in [0.1, 0.15) is 5.75 Å². The van der Waals surface area contributed by atoms with Crippen molar-refractivity contribution in [2.24, 2.45) is 0 Å². The number of methoxy groups -OCH3 is 1. The average Bonchev–Trinajstić information content (AvgIpc) is 3.38. The number of hydrogen-bond donors (Lipinski definition) is 2. The molecule has 0 aliphatic carbocycles. The zero-order chi connectivity index (χ0) is 22.0. The van der Waals surface area contributed by atoms with Crippen molar-refractivity contribution in [3.05, 3.63) is 81.5 Å². The minimum atomic E-state index is -0.310. The van der Waals surface area contributed by atoms with Crippen LogP contribution in [0.25, 0.3) is 22.3 Å². The maximum absolute atomic E-state index is 12.9. The molecular weight excluding hydrogens is 436 g/mol. The van der Waals surface area contributed by atoms with Crippen LogP contribution in [0.1, 0.15) is 27.2 Å². The molecule has 0 amide bonds. The second-order valence-corrected chi connectivity index (χ2v) is 8.05. The number of ketones is 1. The van der Waals surface area contributed by atoms with Gasteiger partial charge in [0.05, 0.1) is 31.7 Å². The van der Waals surface area contributed by atoms with Gasteiger partial charge < -0.3 is 14.9 Å². The third-order valence-corrected chi connectivity index (χ3v) is 5.95. The number of hydrogen-bond acceptors (Lipinski definition) is 6. The molecule has 2 aromatic carbocycles. The SMILES string of the molecule is COc1cc(C(=O)/C=C/c2c(-c3ccc(Cl)cc3)nc3sccn23)cc(CO)c1CO. The van der Waals surface area contributed by atoms with Crippen LogP contribution in [-0.4, -0.2) is 32.5 Å². The Morgan fingerprint density at radius 2 is 2.00 bits per heavy atom. The van der Waals surface area contributed by atoms with E-state index in [2.05, 4.69) is 0 Å². The minimum Gasteiger partial charge on any atom is -0.496 e. The number of aliphatic hydroxyl groups is 2. The predicted octanol–water partition coefficient (Wildman–Crippen LogP) is 4.61. The van der Waals surface area contributed by atoms with Crippen LogP contribution in [0.3, 0.4) is 0 Å². The molecular formula is C23H19ClN2O4S. The van der Waals surface area contributed by atoms with Crippen molar-refractivity contribution >= 4 is 39.8 Å². The van der Waals surface area contributed by atoms with Gasteiger partial charge in [-0.25, -0.2) is 4.98 Å². The van der Waals surface area contributed by atoms with Gasteiger partial charge in [-0.05, 0) is 42.0 Å². The first-order valence-corrected chi connectivity index (χ1v) is 10.7. The highest BCUT2D eigenvalue weighted by Crippen LogP contribution is 2.29. The number of imidazole rings is 1. The Morgan fingerprint density at radius 1 is 1.23 bits per heavy atom. The highest BCUT2D eigenvalue weighted by molar-refractivity contribution is 7.15. The highest BCUT2D eigenvalue weighted by Gasteiger charge is 2.16. The molecule has 6 nitrogen and oxygen atoms in total. The molecule has 0 fully saturated rings. The number of fused-ring (bicyclic) bond motifs is 1. The maximum atomic E-state index is 12.9. The van der Waals surface area contributed by atoms with E-state index in [-0.39, 0.29) is 19.0 Å². The van der Waals surface area contributed by atoms with Crippen LogP contribution in [0.2, 0.25) is 5.02 Å². The first kappa shape index (κ1) is 21.3. The molecule has 31 heavy (non-hydrogen) atoms. The van der Waals surface area contributed by atoms with Gasteiger partial charge >= 0.3 is 0 Å². The molecule has 0 unspecified atom stereocenters. The number of thiazole rings is 1. The van der Waals surface area contributed by atoms with Crippen molar-refractivity contribution in [2.75, 3.05) is 7.11 Å². The van der Waals surface area contributed by atoms with E-state index in [0.29, 0.717) is 27.5 Å². The lowest BCUT2D eigenvalue weighted by Crippen LogP contribution is -2.04. The lowest BCUT2D eigenvalue weighted by Gasteiger charge is -2.12. The average molecular weight is 455 g/mol. The Hall–Kier alpha value is -2.97. The molecule has 0 saturated heterocycles. The summed E-state index contributed by atoms with van der Waals surface area (Å²) in [5, 5.41) is 21.7. The zero-order valence-corrected chi connectivity index (χ0v) is 18.2. The molecule has 2 aromatic heterocycles. The molecule has 158 valence electrons. The van der Waals surface area contributed by atoms with E-state index in [1.54, 1.807) is 30.3 Å². The number of aliphatic hydroxyl groups excluding tert-OH is 2. The van der Waals surface area contributed by atoms with Crippen LogP contribution >= 0.6 is 22.9 Å². The Balaban J connectivity index is 1.74. The van der Waals surface area contributed by atoms with E-state index >= 15 is 0 Å². The van der Waals surface area contributed by atoms with Crippen LogP contribution in [0, 0.1) is 0 Å². The summed E-state index contributed by atoms with van der Waals surface area (Å²) >= 11 is 7.52. The highest BCUT2D eigenvalue weighted by atomic mass is 35.5. The van der Waals surface area contributed by atoms with E-state index in [4.69, 9.17) is 21.3 Å². The Kier molecular flexibility index (Phi) is 6.20. The van der Waals surface area contributed by atoms with Crippen LogP contribution in [0.5, 0.6) is 5.75 Å². The molecule has 0 radical (unpaired) electrons. The molecule has 4 aromatic rings. The van der Waals surface area contributed by atoms with Crippen LogP contribution in [0.15, 0.2) is 54.1 Å². The number of benzene rings is 2. The smallest absolute Gasteiger partial charge is 0.194 e. The number of ether oxygens (including phenoxy) is 1. The summed E-state index contributed by atoms with van der Waals surface area (Å²) < 4.78 is 7.21. The Morgan fingerprint density at radius 3 is 2.68 bits per heavy atom. The summed E-state index contributed by atoms with van der Waals surface area (Å²) in [6.45, 7) is -0.601. The van der Waals surface area contributed by atoms with Gasteiger partial charge in [0, 0.05) is 33.3 Å². The number of halogens is 1. The first-order valence-electron chi connectivity index (χ1n) is 9.41. The third kappa shape index (κ3) is 4.13. The molecule has 4 rings (SSSR count). The lowest BCUT2D eigenvalue weighted by atomic mass is 10.0. The molecule has 2 N–H and O–H groups in total. The topological polar surface area (TPSA) is 84.1 Å². The van der Waals surface area contributed by atoms with Crippen LogP contribution < -0.4 is 4.74 Å². The molecule has 0 aliphatic heterocycles. The fourth-order valence-electron chi connectivity index (χ4n) is 3.38. The van der Waals surface area contributed by atoms with Crippen molar-refractivity contribution < 1.29 is 19.7 Å². The maximum Gasteiger partial charge on any atom is 0.194 e. The van der Waals surface area contributed by atoms with E-state index < -0.39 is 0 Å². The number of carbonyl (C=O) groups excluding carboxylic acids is 1. The summed E-state index contributed by atoms with van der Waals surface area (Å²) in [5.74, 6) is 0.0990. The quantitative estimate of drug-likeness (QED) is 0.315. The summed E-state index contributed by atoms with van der Waals surface area (Å²) in [5.41, 5.74) is 3.68. The fourth-order valence-corrected chi connectivity index (χ4v) is 4.23. The van der Waals surface area contributed by atoms with E-state index in [0.717, 1.165) is 21.9 Å². The number of allylic oxidation sites excluding steroid dienone is 1. The third-order valence-electron chi connectivity index (χ3n) is 4.94. The summed E-state index contributed by atoms with van der Waals surface area (Å²) in [6.07, 6.45) is 5.10. The summed E-state index contributed by atoms with van der Waals surface area (Å²) in [4.78, 5) is 18.4. The van der Waals surface area contributed by atoms with E-state index in [9.17, 15) is 15.0 Å².